The van der Waals surface area contributed by atoms with Gasteiger partial charge in [0.2, 0.25) is 11.8 Å². The average molecular weight is 321 g/mol. The van der Waals surface area contributed by atoms with Crippen LogP contribution in [0.4, 0.5) is 5.69 Å². The van der Waals surface area contributed by atoms with Gasteiger partial charge in [0.1, 0.15) is 6.04 Å². The fraction of sp³-hybridized carbons (Fsp3) is 0.333. The summed E-state index contributed by atoms with van der Waals surface area (Å²) in [5.41, 5.74) is 5.97. The lowest BCUT2D eigenvalue weighted by atomic mass is 10.1. The molecule has 1 aromatic carbocycles. The predicted molar refractivity (Wildman–Crippen MR) is 82.4 cm³/mol. The number of ether oxygens (including phenoxy) is 1. The Kier molecular flexibility index (Phi) is 6.72. The Labute approximate surface area is 133 Å². The first-order chi connectivity index (χ1) is 10.8. The van der Waals surface area contributed by atoms with Crippen molar-refractivity contribution in [3.05, 3.63) is 29.8 Å². The molecule has 0 bridgehead atoms. The smallest absolute Gasteiger partial charge is 0.308 e. The van der Waals surface area contributed by atoms with Crippen molar-refractivity contribution in [1.82, 2.24) is 5.32 Å². The summed E-state index contributed by atoms with van der Waals surface area (Å²) in [6, 6.07) is 4.88. The quantitative estimate of drug-likeness (QED) is 0.617. The molecule has 0 fully saturated rings. The first-order valence-corrected chi connectivity index (χ1v) is 6.97. The van der Waals surface area contributed by atoms with Gasteiger partial charge in [-0.2, -0.15) is 0 Å². The maximum Gasteiger partial charge on any atom is 0.308 e. The lowest BCUT2D eigenvalue weighted by Gasteiger charge is -2.15. The van der Waals surface area contributed by atoms with Gasteiger partial charge in [0.15, 0.2) is 0 Å². The number of benzene rings is 1. The molecule has 1 aromatic rings. The standard InChI is InChI=1S/C15H19N3O5/c1-3-23-13(20)8-12(14(16)21)18-15(22)10-4-6-11(7-5-10)17-9(2)19/h4-7,12H,3,8H2,1-2H3,(H2,16,21)(H,17,19)(H,18,22)/t12-/m0/s1. The second kappa shape index (κ2) is 8.52. The predicted octanol–water partition coefficient (Wildman–Crippen LogP) is 0.182. The maximum absolute atomic E-state index is 12.1. The molecule has 8 nitrogen and oxygen atoms in total. The molecule has 1 rings (SSSR count). The summed E-state index contributed by atoms with van der Waals surface area (Å²) >= 11 is 0. The zero-order chi connectivity index (χ0) is 17.4. The highest BCUT2D eigenvalue weighted by atomic mass is 16.5. The number of primary amides is 1. The van der Waals surface area contributed by atoms with Crippen molar-refractivity contribution in [2.45, 2.75) is 26.3 Å². The van der Waals surface area contributed by atoms with Crippen LogP contribution in [0.1, 0.15) is 30.6 Å². The molecule has 124 valence electrons. The third-order valence-corrected chi connectivity index (χ3v) is 2.79. The van der Waals surface area contributed by atoms with Crippen molar-refractivity contribution in [1.29, 1.82) is 0 Å². The van der Waals surface area contributed by atoms with E-state index in [4.69, 9.17) is 10.5 Å². The van der Waals surface area contributed by atoms with Crippen LogP contribution in [-0.2, 0) is 19.1 Å². The minimum Gasteiger partial charge on any atom is -0.466 e. The lowest BCUT2D eigenvalue weighted by Crippen LogP contribution is -2.45. The van der Waals surface area contributed by atoms with Gasteiger partial charge in [-0.05, 0) is 31.2 Å². The van der Waals surface area contributed by atoms with Crippen LogP contribution in [0, 0.1) is 0 Å². The van der Waals surface area contributed by atoms with Crippen molar-refractivity contribution in [3.63, 3.8) is 0 Å². The van der Waals surface area contributed by atoms with E-state index in [1.54, 1.807) is 19.1 Å². The molecule has 3 amide bonds. The number of amides is 3. The Balaban J connectivity index is 2.73. The normalized spacial score (nSPS) is 11.2. The van der Waals surface area contributed by atoms with Crippen molar-refractivity contribution >= 4 is 29.4 Å². The number of esters is 1. The summed E-state index contributed by atoms with van der Waals surface area (Å²) in [5.74, 6) is -2.25. The summed E-state index contributed by atoms with van der Waals surface area (Å²) < 4.78 is 4.72. The number of carbonyl (C=O) groups excluding carboxylic acids is 4. The number of anilines is 1. The monoisotopic (exact) mass is 321 g/mol. The Morgan fingerprint density at radius 3 is 2.26 bits per heavy atom. The van der Waals surface area contributed by atoms with Crippen LogP contribution in [0.3, 0.4) is 0 Å². The van der Waals surface area contributed by atoms with Gasteiger partial charge in [-0.25, -0.2) is 0 Å². The second-order valence-corrected chi connectivity index (χ2v) is 4.70. The number of carbonyl (C=O) groups is 4. The molecule has 0 aromatic heterocycles. The van der Waals surface area contributed by atoms with E-state index in [1.165, 1.54) is 19.1 Å². The summed E-state index contributed by atoms with van der Waals surface area (Å²) in [6.45, 7) is 3.17. The van der Waals surface area contributed by atoms with E-state index >= 15 is 0 Å². The minimum atomic E-state index is -1.16. The number of hydrogen-bond donors (Lipinski definition) is 3. The first kappa shape index (κ1) is 18.1. The SMILES string of the molecule is CCOC(=O)C[C@H](NC(=O)c1ccc(NC(C)=O)cc1)C(N)=O. The minimum absolute atomic E-state index is 0.170. The van der Waals surface area contributed by atoms with Crippen molar-refractivity contribution in [2.24, 2.45) is 5.73 Å². The Morgan fingerprint density at radius 2 is 1.78 bits per heavy atom. The van der Waals surface area contributed by atoms with Gasteiger partial charge in [-0.15, -0.1) is 0 Å². The summed E-state index contributed by atoms with van der Waals surface area (Å²) in [6.07, 6.45) is -0.334. The van der Waals surface area contributed by atoms with Gasteiger partial charge in [-0.1, -0.05) is 0 Å². The van der Waals surface area contributed by atoms with E-state index in [1.807, 2.05) is 0 Å². The van der Waals surface area contributed by atoms with Crippen molar-refractivity contribution < 1.29 is 23.9 Å². The fourth-order valence-electron chi connectivity index (χ4n) is 1.76. The Hall–Kier alpha value is -2.90. The molecule has 4 N–H and O–H groups in total. The van der Waals surface area contributed by atoms with Crippen LogP contribution in [-0.4, -0.2) is 36.3 Å². The summed E-state index contributed by atoms with van der Waals surface area (Å²) in [4.78, 5) is 45.7. The molecule has 0 saturated carbocycles. The highest BCUT2D eigenvalue weighted by Crippen LogP contribution is 2.10. The lowest BCUT2D eigenvalue weighted by molar-refractivity contribution is -0.145. The van der Waals surface area contributed by atoms with Gasteiger partial charge >= 0.3 is 5.97 Å². The van der Waals surface area contributed by atoms with E-state index in [-0.39, 0.29) is 24.5 Å². The second-order valence-electron chi connectivity index (χ2n) is 4.70. The third kappa shape index (κ3) is 6.16. The number of nitrogens with two attached hydrogens (primary N) is 1. The zero-order valence-electron chi connectivity index (χ0n) is 12.9. The Morgan fingerprint density at radius 1 is 1.17 bits per heavy atom. The maximum atomic E-state index is 12.1. The van der Waals surface area contributed by atoms with Gasteiger partial charge in [0.05, 0.1) is 13.0 Å². The molecule has 0 aliphatic heterocycles. The molecular weight excluding hydrogens is 302 g/mol. The highest BCUT2D eigenvalue weighted by Gasteiger charge is 2.22. The summed E-state index contributed by atoms with van der Waals surface area (Å²) in [5, 5.41) is 4.94. The molecule has 23 heavy (non-hydrogen) atoms. The number of nitrogens with one attached hydrogen (secondary N) is 2. The molecule has 0 aliphatic rings. The molecular formula is C15H19N3O5. The molecule has 0 heterocycles. The molecule has 8 heteroatoms. The van der Waals surface area contributed by atoms with Crippen LogP contribution < -0.4 is 16.4 Å². The van der Waals surface area contributed by atoms with Gasteiger partial charge in [0.25, 0.3) is 5.91 Å². The molecule has 0 saturated heterocycles. The van der Waals surface area contributed by atoms with Crippen LogP contribution >= 0.6 is 0 Å². The fourth-order valence-corrected chi connectivity index (χ4v) is 1.76. The van der Waals surface area contributed by atoms with Crippen molar-refractivity contribution in [2.75, 3.05) is 11.9 Å². The molecule has 0 spiro atoms. The van der Waals surface area contributed by atoms with Gasteiger partial charge < -0.3 is 21.1 Å². The molecule has 1 atom stereocenters. The van der Waals surface area contributed by atoms with Crippen LogP contribution in [0.5, 0.6) is 0 Å². The van der Waals surface area contributed by atoms with E-state index in [9.17, 15) is 19.2 Å². The van der Waals surface area contributed by atoms with E-state index in [0.717, 1.165) is 0 Å². The summed E-state index contributed by atoms with van der Waals surface area (Å²) in [7, 11) is 0. The molecule has 0 aliphatic carbocycles. The van der Waals surface area contributed by atoms with Gasteiger partial charge in [-0.3, -0.25) is 19.2 Å². The number of rotatable bonds is 7. The van der Waals surface area contributed by atoms with Crippen LogP contribution in [0.15, 0.2) is 24.3 Å². The molecule has 0 unspecified atom stereocenters. The largest absolute Gasteiger partial charge is 0.466 e. The van der Waals surface area contributed by atoms with Crippen molar-refractivity contribution in [3.8, 4) is 0 Å². The topological polar surface area (TPSA) is 128 Å². The number of hydrogen-bond acceptors (Lipinski definition) is 5. The highest BCUT2D eigenvalue weighted by molar-refractivity contribution is 5.99. The van der Waals surface area contributed by atoms with E-state index < -0.39 is 23.8 Å². The van der Waals surface area contributed by atoms with Crippen LogP contribution in [0.25, 0.3) is 0 Å². The van der Waals surface area contributed by atoms with E-state index in [0.29, 0.717) is 5.69 Å². The zero-order valence-corrected chi connectivity index (χ0v) is 12.9. The van der Waals surface area contributed by atoms with Crippen LogP contribution in [0.2, 0.25) is 0 Å². The van der Waals surface area contributed by atoms with E-state index in [2.05, 4.69) is 10.6 Å². The third-order valence-electron chi connectivity index (χ3n) is 2.79. The first-order valence-electron chi connectivity index (χ1n) is 6.97. The Bertz CT molecular complexity index is 598. The average Bonchev–Trinajstić information content (AvgIpc) is 2.46. The van der Waals surface area contributed by atoms with Gasteiger partial charge in [0, 0.05) is 18.2 Å². The molecule has 0 radical (unpaired) electrons.